The van der Waals surface area contributed by atoms with Crippen LogP contribution in [0.4, 0.5) is 10.1 Å². The van der Waals surface area contributed by atoms with Gasteiger partial charge in [-0.3, -0.25) is 9.97 Å². The van der Waals surface area contributed by atoms with Crippen LogP contribution in [-0.2, 0) is 21.6 Å². The smallest absolute Gasteiger partial charge is 0.153 e. The highest BCUT2D eigenvalue weighted by atomic mass is 32.2. The molecule has 0 N–H and O–H groups in total. The third kappa shape index (κ3) is 4.62. The van der Waals surface area contributed by atoms with Gasteiger partial charge in [0.05, 0.1) is 51.2 Å². The molecule has 2 aliphatic rings. The molecule has 2 aliphatic heterocycles. The molecule has 5 aromatic rings. The molecule has 0 aliphatic carbocycles. The Bertz CT molecular complexity index is 1880. The summed E-state index contributed by atoms with van der Waals surface area (Å²) in [6.07, 6.45) is 5.02. The van der Waals surface area contributed by atoms with Crippen molar-refractivity contribution in [3.63, 3.8) is 0 Å². The minimum Gasteiger partial charge on any atom is -0.381 e. The van der Waals surface area contributed by atoms with Gasteiger partial charge in [0.2, 0.25) is 0 Å². The van der Waals surface area contributed by atoms with Gasteiger partial charge in [-0.25, -0.2) is 17.5 Å². The number of fused-ring (bicyclic) bond motifs is 3. The summed E-state index contributed by atoms with van der Waals surface area (Å²) in [4.78, 5) is 11.7. The maximum atomic E-state index is 15.6. The third-order valence-electron chi connectivity index (χ3n) is 8.66. The van der Waals surface area contributed by atoms with Gasteiger partial charge >= 0.3 is 0 Å². The molecular formula is C30H32FN7O3S. The summed E-state index contributed by atoms with van der Waals surface area (Å²) >= 11 is 0. The minimum absolute atomic E-state index is 0.0782. The van der Waals surface area contributed by atoms with Gasteiger partial charge in [-0.15, -0.1) is 5.10 Å². The van der Waals surface area contributed by atoms with Crippen LogP contribution in [0.2, 0.25) is 0 Å². The molecule has 0 radical (unpaired) electrons. The normalized spacial score (nSPS) is 18.6. The van der Waals surface area contributed by atoms with E-state index in [4.69, 9.17) is 9.72 Å². The molecule has 4 aromatic heterocycles. The molecule has 7 rings (SSSR count). The highest BCUT2D eigenvalue weighted by molar-refractivity contribution is 7.91. The van der Waals surface area contributed by atoms with Crippen LogP contribution in [0.1, 0.15) is 30.3 Å². The fraction of sp³-hybridized carbons (Fsp3) is 0.400. The molecule has 0 bridgehead atoms. The average molecular weight is 590 g/mol. The molecule has 2 saturated heterocycles. The second-order valence-electron chi connectivity index (χ2n) is 11.2. The van der Waals surface area contributed by atoms with Crippen LogP contribution in [0.5, 0.6) is 0 Å². The molecule has 1 unspecified atom stereocenters. The van der Waals surface area contributed by atoms with Crippen molar-refractivity contribution in [2.24, 2.45) is 13.0 Å². The number of hydrogen-bond acceptors (Lipinski definition) is 8. The number of ether oxygens (including phenoxy) is 1. The summed E-state index contributed by atoms with van der Waals surface area (Å²) in [6.45, 7) is 3.98. The van der Waals surface area contributed by atoms with Crippen LogP contribution in [-0.4, -0.2) is 75.8 Å². The number of hydrogen-bond donors (Lipinski definition) is 0. The number of aromatic nitrogens is 6. The second kappa shape index (κ2) is 10.4. The molecule has 1 atom stereocenters. The lowest BCUT2D eigenvalue weighted by molar-refractivity contribution is 0.0543. The van der Waals surface area contributed by atoms with E-state index in [1.165, 1.54) is 6.07 Å². The standard InChI is InChI=1S/C30H32FN7O3S/c1-19-29(36(2)35-34-19)21-16-26-27(33-18-21)23-6-5-22(37-10-14-42(39,40)15-11-37)17-25(23)38(26)30(20-7-12-41-13-8-20)28-24(31)4-3-9-32-28/h3-6,9,16-18,20,30H,7-8,10-15H2,1-2H3. The number of halogens is 1. The zero-order valence-corrected chi connectivity index (χ0v) is 24.4. The number of benzene rings is 1. The number of anilines is 1. The van der Waals surface area contributed by atoms with E-state index in [1.54, 1.807) is 16.9 Å². The molecule has 1 aromatic carbocycles. The summed E-state index contributed by atoms with van der Waals surface area (Å²) in [5.41, 5.74) is 6.42. The molecular weight excluding hydrogens is 557 g/mol. The predicted molar refractivity (Wildman–Crippen MR) is 159 cm³/mol. The van der Waals surface area contributed by atoms with Crippen LogP contribution in [0.25, 0.3) is 33.2 Å². The SMILES string of the molecule is Cc1nnn(C)c1-c1cnc2c3ccc(N4CCS(=O)(=O)CC4)cc3n(C(c3ncccc3F)C3CCOCC3)c2c1. The molecule has 0 saturated carbocycles. The van der Waals surface area contributed by atoms with Gasteiger partial charge in [0.25, 0.3) is 0 Å². The maximum absolute atomic E-state index is 15.6. The summed E-state index contributed by atoms with van der Waals surface area (Å²) in [6, 6.07) is 10.9. The Kier molecular flexibility index (Phi) is 6.69. The first-order valence-electron chi connectivity index (χ1n) is 14.2. The van der Waals surface area contributed by atoms with Crippen molar-refractivity contribution in [1.82, 2.24) is 29.5 Å². The van der Waals surface area contributed by atoms with Crippen LogP contribution in [0, 0.1) is 18.7 Å². The van der Waals surface area contributed by atoms with Crippen molar-refractivity contribution < 1.29 is 17.5 Å². The quantitative estimate of drug-likeness (QED) is 0.302. The van der Waals surface area contributed by atoms with Gasteiger partial charge in [-0.05, 0) is 62.1 Å². The first-order valence-corrected chi connectivity index (χ1v) is 16.1. The lowest BCUT2D eigenvalue weighted by Crippen LogP contribution is -2.40. The number of nitrogens with zero attached hydrogens (tertiary/aromatic N) is 7. The van der Waals surface area contributed by atoms with Gasteiger partial charge in [0.1, 0.15) is 5.82 Å². The van der Waals surface area contributed by atoms with Crippen molar-refractivity contribution in [3.05, 3.63) is 66.0 Å². The van der Waals surface area contributed by atoms with Crippen molar-refractivity contribution in [3.8, 4) is 11.3 Å². The van der Waals surface area contributed by atoms with Gasteiger partial charge in [-0.2, -0.15) is 0 Å². The average Bonchev–Trinajstić information content (AvgIpc) is 3.50. The molecule has 10 nitrogen and oxygen atoms in total. The summed E-state index contributed by atoms with van der Waals surface area (Å²) < 4.78 is 49.6. The van der Waals surface area contributed by atoms with E-state index in [1.807, 2.05) is 32.3 Å². The van der Waals surface area contributed by atoms with Crippen LogP contribution < -0.4 is 4.90 Å². The largest absolute Gasteiger partial charge is 0.381 e. The van der Waals surface area contributed by atoms with Crippen molar-refractivity contribution in [2.45, 2.75) is 25.8 Å². The molecule has 0 spiro atoms. The van der Waals surface area contributed by atoms with Crippen LogP contribution in [0.3, 0.4) is 0 Å². The van der Waals surface area contributed by atoms with E-state index in [9.17, 15) is 8.42 Å². The van der Waals surface area contributed by atoms with E-state index in [-0.39, 0.29) is 23.2 Å². The van der Waals surface area contributed by atoms with Gasteiger partial charge in [0, 0.05) is 62.4 Å². The fourth-order valence-corrected chi connectivity index (χ4v) is 7.75. The van der Waals surface area contributed by atoms with E-state index in [2.05, 4.69) is 36.9 Å². The van der Waals surface area contributed by atoms with Crippen LogP contribution in [0.15, 0.2) is 48.8 Å². The molecule has 42 heavy (non-hydrogen) atoms. The number of aryl methyl sites for hydroxylation is 2. The summed E-state index contributed by atoms with van der Waals surface area (Å²) in [7, 11) is -1.17. The maximum Gasteiger partial charge on any atom is 0.153 e. The zero-order chi connectivity index (χ0) is 29.0. The second-order valence-corrected chi connectivity index (χ2v) is 13.5. The lowest BCUT2D eigenvalue weighted by atomic mass is 9.88. The number of sulfone groups is 1. The predicted octanol–water partition coefficient (Wildman–Crippen LogP) is 4.08. The Morgan fingerprint density at radius 2 is 1.83 bits per heavy atom. The highest BCUT2D eigenvalue weighted by Crippen LogP contribution is 2.42. The van der Waals surface area contributed by atoms with Crippen molar-refractivity contribution in [1.29, 1.82) is 0 Å². The molecule has 2 fully saturated rings. The first kappa shape index (κ1) is 27.0. The Balaban J connectivity index is 1.50. The Morgan fingerprint density at radius 1 is 1.05 bits per heavy atom. The minimum atomic E-state index is -3.03. The zero-order valence-electron chi connectivity index (χ0n) is 23.6. The lowest BCUT2D eigenvalue weighted by Gasteiger charge is -2.33. The first-order chi connectivity index (χ1) is 20.3. The topological polar surface area (TPSA) is 108 Å². The van der Waals surface area contributed by atoms with Gasteiger partial charge in [-0.1, -0.05) is 5.21 Å². The molecule has 12 heteroatoms. The fourth-order valence-electron chi connectivity index (χ4n) is 6.55. The van der Waals surface area contributed by atoms with Gasteiger partial charge < -0.3 is 14.2 Å². The molecule has 218 valence electrons. The Morgan fingerprint density at radius 3 is 2.55 bits per heavy atom. The van der Waals surface area contributed by atoms with Crippen LogP contribution >= 0.6 is 0 Å². The highest BCUT2D eigenvalue weighted by Gasteiger charge is 2.33. The van der Waals surface area contributed by atoms with Crippen molar-refractivity contribution in [2.75, 3.05) is 42.7 Å². The van der Waals surface area contributed by atoms with E-state index in [0.717, 1.165) is 57.4 Å². The van der Waals surface area contributed by atoms with E-state index >= 15 is 4.39 Å². The molecule has 0 amide bonds. The Hall–Kier alpha value is -3.90. The number of pyridine rings is 2. The monoisotopic (exact) mass is 589 g/mol. The van der Waals surface area contributed by atoms with Crippen molar-refractivity contribution >= 4 is 37.5 Å². The molecule has 6 heterocycles. The van der Waals surface area contributed by atoms with E-state index in [0.29, 0.717) is 32.0 Å². The summed E-state index contributed by atoms with van der Waals surface area (Å²) in [5, 5.41) is 9.37. The van der Waals surface area contributed by atoms with E-state index < -0.39 is 15.9 Å². The summed E-state index contributed by atoms with van der Waals surface area (Å²) in [5.74, 6) is -0.0199. The third-order valence-corrected chi connectivity index (χ3v) is 10.3. The van der Waals surface area contributed by atoms with Gasteiger partial charge in [0.15, 0.2) is 9.84 Å². The number of rotatable bonds is 5. The Labute approximate surface area is 243 Å².